The fraction of sp³-hybridized carbons (Fsp3) is 0.682. The minimum atomic E-state index is -5.13. The number of ether oxygens (including phenoxy) is 2. The first-order valence-corrected chi connectivity index (χ1v) is 22.8. The van der Waals surface area contributed by atoms with Crippen molar-refractivity contribution in [1.29, 1.82) is 0 Å². The number of allylic oxidation sites excluding steroid dienone is 12. The van der Waals surface area contributed by atoms with Crippen molar-refractivity contribution in [3.63, 3.8) is 0 Å². The second kappa shape index (κ2) is 34.0. The quantitative estimate of drug-likeness (QED) is 0.0124. The Kier molecular flexibility index (Phi) is 31.3. The van der Waals surface area contributed by atoms with Crippen molar-refractivity contribution in [2.45, 2.75) is 179 Å². The van der Waals surface area contributed by atoms with E-state index in [1.165, 1.54) is 12.8 Å². The van der Waals surface area contributed by atoms with Crippen molar-refractivity contribution in [2.24, 2.45) is 0 Å². The molecule has 1 aliphatic carbocycles. The Morgan fingerprint density at radius 3 is 1.64 bits per heavy atom. The predicted octanol–water partition coefficient (Wildman–Crippen LogP) is 7.55. The lowest BCUT2D eigenvalue weighted by molar-refractivity contribution is -0.220. The van der Waals surface area contributed by atoms with Gasteiger partial charge in [-0.25, -0.2) is 4.57 Å². The number of esters is 2. The number of unbranched alkanes of at least 4 members (excludes halogenated alkanes) is 12. The van der Waals surface area contributed by atoms with Crippen molar-refractivity contribution in [1.82, 2.24) is 0 Å². The Bertz CT molecular complexity index is 1290. The molecule has 0 aromatic carbocycles. The largest absolute Gasteiger partial charge is 0.472 e. The van der Waals surface area contributed by atoms with Gasteiger partial charge in [0.2, 0.25) is 0 Å². The highest BCUT2D eigenvalue weighted by Crippen LogP contribution is 2.47. The summed E-state index contributed by atoms with van der Waals surface area (Å²) < 4.78 is 33.4. The molecule has 13 nitrogen and oxygen atoms in total. The number of rotatable bonds is 33. The third-order valence-electron chi connectivity index (χ3n) is 9.38. The monoisotopic (exact) mass is 840 g/mol. The van der Waals surface area contributed by atoms with Crippen LogP contribution in [0, 0.1) is 0 Å². The van der Waals surface area contributed by atoms with Gasteiger partial charge in [-0.2, -0.15) is 0 Å². The number of aliphatic hydroxyl groups excluding tert-OH is 5. The molecule has 0 aromatic rings. The number of phosphoric acid groups is 1. The summed E-state index contributed by atoms with van der Waals surface area (Å²) in [5, 5.41) is 50.0. The molecule has 6 unspecified atom stereocenters. The number of carbonyl (C=O) groups excluding carboxylic acids is 2. The summed E-state index contributed by atoms with van der Waals surface area (Å²) in [6, 6.07) is 0. The first-order chi connectivity index (χ1) is 27.9. The van der Waals surface area contributed by atoms with Crippen molar-refractivity contribution >= 4 is 19.8 Å². The van der Waals surface area contributed by atoms with Crippen molar-refractivity contribution in [3.05, 3.63) is 72.9 Å². The molecule has 8 atom stereocenters. The molecular formula is C44H73O13P. The van der Waals surface area contributed by atoms with E-state index < -0.39 is 75.7 Å². The van der Waals surface area contributed by atoms with Gasteiger partial charge >= 0.3 is 19.8 Å². The lowest BCUT2D eigenvalue weighted by Crippen LogP contribution is -2.64. The maximum absolute atomic E-state index is 12.8. The van der Waals surface area contributed by atoms with Crippen LogP contribution in [0.15, 0.2) is 72.9 Å². The van der Waals surface area contributed by atoms with Crippen LogP contribution < -0.4 is 0 Å². The lowest BCUT2D eigenvalue weighted by atomic mass is 9.85. The molecule has 0 bridgehead atoms. The highest BCUT2D eigenvalue weighted by molar-refractivity contribution is 7.47. The molecule has 0 amide bonds. The van der Waals surface area contributed by atoms with Crippen LogP contribution >= 0.6 is 7.82 Å². The Morgan fingerprint density at radius 2 is 1.05 bits per heavy atom. The van der Waals surface area contributed by atoms with Crippen LogP contribution in [0.25, 0.3) is 0 Å². The molecule has 0 aliphatic heterocycles. The topological polar surface area (TPSA) is 210 Å². The maximum atomic E-state index is 12.8. The van der Waals surface area contributed by atoms with Gasteiger partial charge in [0.15, 0.2) is 6.10 Å². The van der Waals surface area contributed by atoms with Gasteiger partial charge in [-0.1, -0.05) is 138 Å². The third-order valence-corrected chi connectivity index (χ3v) is 10.4. The zero-order valence-corrected chi connectivity index (χ0v) is 35.7. The first kappa shape index (κ1) is 53.3. The summed E-state index contributed by atoms with van der Waals surface area (Å²) in [5.41, 5.74) is 0. The summed E-state index contributed by atoms with van der Waals surface area (Å²) in [6.45, 7) is 3.06. The molecule has 0 spiro atoms. The second-order valence-corrected chi connectivity index (χ2v) is 16.0. The van der Waals surface area contributed by atoms with Crippen LogP contribution in [0.1, 0.15) is 136 Å². The predicted molar refractivity (Wildman–Crippen MR) is 225 cm³/mol. The van der Waals surface area contributed by atoms with Crippen LogP contribution in [-0.2, 0) is 32.7 Å². The summed E-state index contributed by atoms with van der Waals surface area (Å²) in [4.78, 5) is 35.6. The van der Waals surface area contributed by atoms with Gasteiger partial charge < -0.3 is 39.9 Å². The number of hydrogen-bond acceptors (Lipinski definition) is 12. The fourth-order valence-corrected chi connectivity index (χ4v) is 6.87. The smallest absolute Gasteiger partial charge is 0.462 e. The number of aliphatic hydroxyl groups is 5. The Balaban J connectivity index is 2.54. The van der Waals surface area contributed by atoms with E-state index in [2.05, 4.69) is 50.3 Å². The van der Waals surface area contributed by atoms with Crippen LogP contribution in [0.3, 0.4) is 0 Å². The van der Waals surface area contributed by atoms with Crippen LogP contribution in [0.5, 0.6) is 0 Å². The Morgan fingerprint density at radius 1 is 0.569 bits per heavy atom. The van der Waals surface area contributed by atoms with Crippen molar-refractivity contribution in [3.8, 4) is 0 Å². The first-order valence-electron chi connectivity index (χ1n) is 21.3. The molecule has 0 aromatic heterocycles. The molecule has 0 heterocycles. The average molecular weight is 841 g/mol. The molecule has 0 saturated heterocycles. The fourth-order valence-electron chi connectivity index (χ4n) is 5.90. The zero-order chi connectivity index (χ0) is 42.9. The number of carbonyl (C=O) groups is 2. The molecule has 1 saturated carbocycles. The molecule has 1 fully saturated rings. The van der Waals surface area contributed by atoms with E-state index in [9.17, 15) is 44.6 Å². The standard InChI is InChI=1S/C44H73O13P/c1-3-5-7-9-11-13-15-17-19-21-23-25-27-29-31-33-38(46)56-36(35-55-58(52,53)57-44-42(50)40(48)39(47)41(49)43(44)51)34-54-37(45)32-30-28-26-24-22-20-18-16-14-12-10-8-6-4-2/h5,7,9-13,15-19,36,39-44,47-51H,3-4,6,8,14,20-35H2,1-2H3,(H,52,53)/b7-5+,11-9+,12-10+,15-13+,18-16+,19-17+/t36-,39?,40-,41?,42?,43?,44?/m0/s1. The molecule has 0 radical (unpaired) electrons. The normalized spacial score (nSPS) is 23.2. The zero-order valence-electron chi connectivity index (χ0n) is 34.8. The van der Waals surface area contributed by atoms with E-state index in [1.54, 1.807) is 0 Å². The van der Waals surface area contributed by atoms with E-state index >= 15 is 0 Å². The van der Waals surface area contributed by atoms with Gasteiger partial charge in [0, 0.05) is 12.8 Å². The van der Waals surface area contributed by atoms with Gasteiger partial charge in [-0.3, -0.25) is 18.6 Å². The molecule has 332 valence electrons. The minimum absolute atomic E-state index is 0.0633. The van der Waals surface area contributed by atoms with Crippen molar-refractivity contribution in [2.75, 3.05) is 13.2 Å². The molecule has 1 aliphatic rings. The second-order valence-electron chi connectivity index (χ2n) is 14.6. The molecule has 1 rings (SSSR count). The van der Waals surface area contributed by atoms with E-state index in [0.29, 0.717) is 12.8 Å². The minimum Gasteiger partial charge on any atom is -0.462 e. The average Bonchev–Trinajstić information content (AvgIpc) is 3.20. The SMILES string of the molecule is CC/C=C/C=C/C=C/C=C/CCCCCCCC(=O)O[C@@H](COC(=O)CCCCCCC/C=C/C/C=C/CCCC)COP(=O)(O)OC1C(O)C(O)C(O)[C@H](O)C1O. The molecular weight excluding hydrogens is 767 g/mol. The van der Waals surface area contributed by atoms with Gasteiger partial charge in [-0.15, -0.1) is 0 Å². The number of hydrogen-bond donors (Lipinski definition) is 6. The van der Waals surface area contributed by atoms with E-state index in [1.807, 2.05) is 36.5 Å². The van der Waals surface area contributed by atoms with Gasteiger partial charge in [0.25, 0.3) is 0 Å². The van der Waals surface area contributed by atoms with E-state index in [-0.39, 0.29) is 12.8 Å². The van der Waals surface area contributed by atoms with Crippen LogP contribution in [0.4, 0.5) is 0 Å². The van der Waals surface area contributed by atoms with Crippen LogP contribution in [0.2, 0.25) is 0 Å². The lowest BCUT2D eigenvalue weighted by Gasteiger charge is -2.41. The summed E-state index contributed by atoms with van der Waals surface area (Å²) in [7, 11) is -5.13. The van der Waals surface area contributed by atoms with Gasteiger partial charge in [0.05, 0.1) is 6.61 Å². The molecule has 6 N–H and O–H groups in total. The number of phosphoric ester groups is 1. The highest BCUT2D eigenvalue weighted by atomic mass is 31.2. The maximum Gasteiger partial charge on any atom is 0.472 e. The third kappa shape index (κ3) is 26.4. The summed E-state index contributed by atoms with van der Waals surface area (Å²) in [6.07, 6.45) is 28.2. The Hall–Kier alpha value is -2.71. The van der Waals surface area contributed by atoms with Gasteiger partial charge in [-0.05, 0) is 57.8 Å². The Labute approximate surface area is 346 Å². The summed E-state index contributed by atoms with van der Waals surface area (Å²) >= 11 is 0. The van der Waals surface area contributed by atoms with E-state index in [4.69, 9.17) is 18.5 Å². The van der Waals surface area contributed by atoms with Crippen LogP contribution in [-0.4, -0.2) is 98.3 Å². The molecule has 58 heavy (non-hydrogen) atoms. The summed E-state index contributed by atoms with van der Waals surface area (Å²) in [5.74, 6) is -1.15. The van der Waals surface area contributed by atoms with Crippen molar-refractivity contribution < 1.29 is 63.1 Å². The molecule has 14 heteroatoms. The van der Waals surface area contributed by atoms with E-state index in [0.717, 1.165) is 83.5 Å². The highest BCUT2D eigenvalue weighted by Gasteiger charge is 2.51. The van der Waals surface area contributed by atoms with Gasteiger partial charge in [0.1, 0.15) is 43.2 Å².